The number of rotatable bonds is 7. The summed E-state index contributed by atoms with van der Waals surface area (Å²) >= 11 is 0. The molecule has 0 radical (unpaired) electrons. The molecule has 0 amide bonds. The molecule has 4 heteroatoms. The van der Waals surface area contributed by atoms with Crippen LogP contribution in [0, 0.1) is 11.7 Å². The van der Waals surface area contributed by atoms with Crippen LogP contribution >= 0.6 is 0 Å². The molecular weight excluding hydrogens is 355 g/mol. The number of allylic oxidation sites excluding steroid dienone is 1. The second-order valence-corrected chi connectivity index (χ2v) is 6.18. The summed E-state index contributed by atoms with van der Waals surface area (Å²) in [5.41, 5.74) is 1.15. The molecule has 3 nitrogen and oxygen atoms in total. The Morgan fingerprint density at radius 1 is 0.679 bits per heavy atom. The molecular formula is C24H17FO3. The number of hydrogen-bond donors (Lipinski definition) is 0. The van der Waals surface area contributed by atoms with Crippen molar-refractivity contribution in [2.24, 2.45) is 5.92 Å². The van der Waals surface area contributed by atoms with Crippen LogP contribution in [0.25, 0.3) is 6.08 Å². The van der Waals surface area contributed by atoms with Gasteiger partial charge in [-0.2, -0.15) is 0 Å². The number of hydrogen-bond acceptors (Lipinski definition) is 3. The molecule has 0 N–H and O–H groups in total. The molecule has 0 aliphatic rings. The lowest BCUT2D eigenvalue weighted by Crippen LogP contribution is -2.31. The van der Waals surface area contributed by atoms with E-state index in [1.165, 1.54) is 18.2 Å². The van der Waals surface area contributed by atoms with Gasteiger partial charge in [0.1, 0.15) is 11.7 Å². The second kappa shape index (κ2) is 8.82. The van der Waals surface area contributed by atoms with Gasteiger partial charge in [-0.1, -0.05) is 66.7 Å². The highest BCUT2D eigenvalue weighted by Gasteiger charge is 2.33. The van der Waals surface area contributed by atoms with Gasteiger partial charge in [-0.05, 0) is 35.9 Å². The van der Waals surface area contributed by atoms with Crippen LogP contribution in [0.2, 0.25) is 0 Å². The van der Waals surface area contributed by atoms with E-state index < -0.39 is 29.1 Å². The van der Waals surface area contributed by atoms with Crippen LogP contribution in [0.4, 0.5) is 4.39 Å². The van der Waals surface area contributed by atoms with Crippen molar-refractivity contribution in [2.45, 2.75) is 0 Å². The van der Waals surface area contributed by atoms with E-state index >= 15 is 0 Å². The summed E-state index contributed by atoms with van der Waals surface area (Å²) in [6.07, 6.45) is 2.80. The largest absolute Gasteiger partial charge is 0.294 e. The van der Waals surface area contributed by atoms with E-state index in [0.717, 1.165) is 17.7 Å². The summed E-state index contributed by atoms with van der Waals surface area (Å²) in [6, 6.07) is 22.1. The van der Waals surface area contributed by atoms with Crippen LogP contribution in [0.1, 0.15) is 26.3 Å². The average Bonchev–Trinajstić information content (AvgIpc) is 2.74. The van der Waals surface area contributed by atoms with Gasteiger partial charge in [-0.15, -0.1) is 0 Å². The summed E-state index contributed by atoms with van der Waals surface area (Å²) in [5, 5.41) is 0. The predicted octanol–water partition coefficient (Wildman–Crippen LogP) is 4.79. The lowest BCUT2D eigenvalue weighted by Gasteiger charge is -2.12. The molecule has 1 atom stereocenters. The van der Waals surface area contributed by atoms with Crippen molar-refractivity contribution in [3.05, 3.63) is 114 Å². The van der Waals surface area contributed by atoms with Gasteiger partial charge in [0.25, 0.3) is 0 Å². The normalized spacial score (nSPS) is 11.9. The van der Waals surface area contributed by atoms with Gasteiger partial charge in [0, 0.05) is 11.1 Å². The number of halogens is 1. The minimum absolute atomic E-state index is 0.108. The van der Waals surface area contributed by atoms with Crippen molar-refractivity contribution in [1.82, 2.24) is 0 Å². The summed E-state index contributed by atoms with van der Waals surface area (Å²) in [6.45, 7) is 0. The first-order valence-electron chi connectivity index (χ1n) is 8.72. The van der Waals surface area contributed by atoms with Gasteiger partial charge >= 0.3 is 0 Å². The number of Topliss-reactive ketones (excluding diaryl/α,β-unsaturated/α-hetero) is 2. The summed E-state index contributed by atoms with van der Waals surface area (Å²) in [7, 11) is 0. The fraction of sp³-hybridized carbons (Fsp3) is 0.0417. The number of carbonyl (C=O) groups excluding carboxylic acids is 3. The molecule has 3 aromatic carbocycles. The van der Waals surface area contributed by atoms with E-state index in [2.05, 4.69) is 0 Å². The van der Waals surface area contributed by atoms with Crippen LogP contribution < -0.4 is 0 Å². The summed E-state index contributed by atoms with van der Waals surface area (Å²) in [5.74, 6) is -3.88. The van der Waals surface area contributed by atoms with Gasteiger partial charge in [0.15, 0.2) is 17.3 Å². The molecule has 0 saturated heterocycles. The van der Waals surface area contributed by atoms with Crippen molar-refractivity contribution in [3.8, 4) is 0 Å². The fourth-order valence-electron chi connectivity index (χ4n) is 2.77. The van der Waals surface area contributed by atoms with Crippen molar-refractivity contribution in [2.75, 3.05) is 0 Å². The maximum Gasteiger partial charge on any atom is 0.181 e. The van der Waals surface area contributed by atoms with Gasteiger partial charge in [-0.3, -0.25) is 14.4 Å². The molecule has 138 valence electrons. The SMILES string of the molecule is O=C(/C=C/c1ccccc1)C(C(=O)c1ccccc1)C(=O)c1ccc(F)cc1. The molecule has 1 unspecified atom stereocenters. The molecule has 0 bridgehead atoms. The Morgan fingerprint density at radius 3 is 1.75 bits per heavy atom. The van der Waals surface area contributed by atoms with E-state index in [4.69, 9.17) is 0 Å². The third kappa shape index (κ3) is 4.54. The highest BCUT2D eigenvalue weighted by molar-refractivity contribution is 6.30. The Morgan fingerprint density at radius 2 is 1.18 bits per heavy atom. The van der Waals surface area contributed by atoms with Gasteiger partial charge in [0.2, 0.25) is 0 Å². The monoisotopic (exact) mass is 372 g/mol. The molecule has 0 aliphatic carbocycles. The van der Waals surface area contributed by atoms with Gasteiger partial charge in [0.05, 0.1) is 0 Å². The zero-order chi connectivity index (χ0) is 19.9. The second-order valence-electron chi connectivity index (χ2n) is 6.18. The van der Waals surface area contributed by atoms with Crippen LogP contribution in [0.3, 0.4) is 0 Å². The minimum Gasteiger partial charge on any atom is -0.294 e. The molecule has 3 rings (SSSR count). The van der Waals surface area contributed by atoms with Crippen LogP contribution in [-0.4, -0.2) is 17.3 Å². The standard InChI is InChI=1S/C24H17FO3/c25-20-14-12-19(13-15-20)24(28)22(23(27)18-9-5-2-6-10-18)21(26)16-11-17-7-3-1-4-8-17/h1-16,22H/b16-11+. The fourth-order valence-corrected chi connectivity index (χ4v) is 2.77. The molecule has 0 spiro atoms. The number of benzene rings is 3. The molecule has 3 aromatic rings. The average molecular weight is 372 g/mol. The Labute approximate surface area is 162 Å². The summed E-state index contributed by atoms with van der Waals surface area (Å²) in [4.78, 5) is 38.7. The maximum absolute atomic E-state index is 13.2. The van der Waals surface area contributed by atoms with Crippen molar-refractivity contribution >= 4 is 23.4 Å². The topological polar surface area (TPSA) is 51.2 Å². The van der Waals surface area contributed by atoms with Gasteiger partial charge < -0.3 is 0 Å². The first-order valence-corrected chi connectivity index (χ1v) is 8.72. The molecule has 0 aliphatic heterocycles. The highest BCUT2D eigenvalue weighted by Crippen LogP contribution is 2.18. The van der Waals surface area contributed by atoms with E-state index in [0.29, 0.717) is 0 Å². The van der Waals surface area contributed by atoms with Crippen LogP contribution in [0.15, 0.2) is 91.0 Å². The first-order chi connectivity index (χ1) is 13.6. The third-order valence-electron chi connectivity index (χ3n) is 4.24. The van der Waals surface area contributed by atoms with Gasteiger partial charge in [-0.25, -0.2) is 4.39 Å². The molecule has 0 fully saturated rings. The van der Waals surface area contributed by atoms with Crippen LogP contribution in [0.5, 0.6) is 0 Å². The zero-order valence-corrected chi connectivity index (χ0v) is 14.9. The highest BCUT2D eigenvalue weighted by atomic mass is 19.1. The van der Waals surface area contributed by atoms with Crippen molar-refractivity contribution in [1.29, 1.82) is 0 Å². The zero-order valence-electron chi connectivity index (χ0n) is 14.9. The van der Waals surface area contributed by atoms with E-state index in [9.17, 15) is 18.8 Å². The predicted molar refractivity (Wildman–Crippen MR) is 105 cm³/mol. The number of carbonyl (C=O) groups is 3. The molecule has 28 heavy (non-hydrogen) atoms. The van der Waals surface area contributed by atoms with E-state index in [1.807, 2.05) is 18.2 Å². The molecule has 0 aromatic heterocycles. The van der Waals surface area contributed by atoms with Crippen LogP contribution in [-0.2, 0) is 4.79 Å². The summed E-state index contributed by atoms with van der Waals surface area (Å²) < 4.78 is 13.2. The quantitative estimate of drug-likeness (QED) is 0.340. The Balaban J connectivity index is 1.95. The van der Waals surface area contributed by atoms with Crippen molar-refractivity contribution in [3.63, 3.8) is 0 Å². The van der Waals surface area contributed by atoms with E-state index in [-0.39, 0.29) is 11.1 Å². The molecule has 0 saturated carbocycles. The smallest absolute Gasteiger partial charge is 0.181 e. The number of ketones is 3. The Kier molecular flexibility index (Phi) is 6.02. The lowest BCUT2D eigenvalue weighted by atomic mass is 9.86. The first kappa shape index (κ1) is 19.1. The minimum atomic E-state index is -1.52. The molecule has 0 heterocycles. The van der Waals surface area contributed by atoms with E-state index in [1.54, 1.807) is 48.5 Å². The lowest BCUT2D eigenvalue weighted by molar-refractivity contribution is -0.115. The maximum atomic E-state index is 13.2. The Hall–Kier alpha value is -3.66. The van der Waals surface area contributed by atoms with Crippen molar-refractivity contribution < 1.29 is 18.8 Å². The third-order valence-corrected chi connectivity index (χ3v) is 4.24. The Bertz CT molecular complexity index is 1010.